The van der Waals surface area contributed by atoms with Crippen molar-refractivity contribution in [2.24, 2.45) is 0 Å². The Kier molecular flexibility index (Phi) is 5.09. The van der Waals surface area contributed by atoms with E-state index in [9.17, 15) is 0 Å². The minimum atomic E-state index is 0.884. The fourth-order valence-electron chi connectivity index (χ4n) is 1.63. The lowest BCUT2D eigenvalue weighted by Gasteiger charge is -2.16. The molecule has 0 aliphatic rings. The molecular formula is C12H19N5S2. The number of nitrogens with zero attached hydrogens (tertiary/aromatic N) is 4. The smallest absolute Gasteiger partial charge is 0.206 e. The van der Waals surface area contributed by atoms with Gasteiger partial charge in [0.2, 0.25) is 5.13 Å². The number of hydrogen-bond acceptors (Lipinski definition) is 7. The van der Waals surface area contributed by atoms with Gasteiger partial charge in [-0.25, -0.2) is 4.98 Å². The van der Waals surface area contributed by atoms with Crippen LogP contribution in [0.1, 0.15) is 27.2 Å². The Morgan fingerprint density at radius 3 is 2.63 bits per heavy atom. The van der Waals surface area contributed by atoms with Crippen LogP contribution in [0.2, 0.25) is 0 Å². The zero-order valence-electron chi connectivity index (χ0n) is 11.5. The molecule has 0 amide bonds. The van der Waals surface area contributed by atoms with E-state index in [0.717, 1.165) is 46.2 Å². The Balaban J connectivity index is 2.11. The summed E-state index contributed by atoms with van der Waals surface area (Å²) >= 11 is 3.26. The van der Waals surface area contributed by atoms with Crippen molar-refractivity contribution in [3.8, 4) is 9.88 Å². The summed E-state index contributed by atoms with van der Waals surface area (Å²) in [6, 6.07) is 0. The first-order valence-electron chi connectivity index (χ1n) is 6.57. The molecule has 2 aromatic heterocycles. The highest BCUT2D eigenvalue weighted by molar-refractivity contribution is 7.25. The lowest BCUT2D eigenvalue weighted by atomic mass is 10.5. The van der Waals surface area contributed by atoms with E-state index < -0.39 is 0 Å². The summed E-state index contributed by atoms with van der Waals surface area (Å²) in [6.07, 6.45) is 2.98. The van der Waals surface area contributed by atoms with E-state index in [-0.39, 0.29) is 0 Å². The van der Waals surface area contributed by atoms with Crippen molar-refractivity contribution in [2.75, 3.05) is 29.9 Å². The summed E-state index contributed by atoms with van der Waals surface area (Å²) in [4.78, 5) is 7.80. The third kappa shape index (κ3) is 3.42. The molecule has 2 heterocycles. The van der Waals surface area contributed by atoms with Gasteiger partial charge in [-0.1, -0.05) is 29.6 Å². The van der Waals surface area contributed by atoms with Crippen LogP contribution >= 0.6 is 22.7 Å². The third-order valence-corrected chi connectivity index (χ3v) is 4.80. The Morgan fingerprint density at radius 1 is 1.16 bits per heavy atom. The zero-order chi connectivity index (χ0) is 13.7. The van der Waals surface area contributed by atoms with Gasteiger partial charge in [0, 0.05) is 19.6 Å². The maximum Gasteiger partial charge on any atom is 0.206 e. The molecule has 2 aromatic rings. The Labute approximate surface area is 121 Å². The van der Waals surface area contributed by atoms with E-state index >= 15 is 0 Å². The lowest BCUT2D eigenvalue weighted by Crippen LogP contribution is -2.21. The molecule has 0 saturated carbocycles. The molecular weight excluding hydrogens is 278 g/mol. The molecule has 0 radical (unpaired) electrons. The molecule has 0 saturated heterocycles. The average Bonchev–Trinajstić information content (AvgIpc) is 3.06. The molecule has 0 fully saturated rings. The first-order valence-corrected chi connectivity index (χ1v) is 8.20. The van der Waals surface area contributed by atoms with Crippen molar-refractivity contribution in [1.29, 1.82) is 0 Å². The van der Waals surface area contributed by atoms with Crippen molar-refractivity contribution in [1.82, 2.24) is 15.2 Å². The molecule has 1 N–H and O–H groups in total. The highest BCUT2D eigenvalue weighted by atomic mass is 32.1. The molecule has 0 atom stereocenters. The summed E-state index contributed by atoms with van der Waals surface area (Å²) in [6.45, 7) is 9.30. The normalized spacial score (nSPS) is 10.7. The van der Waals surface area contributed by atoms with Crippen LogP contribution in [0.15, 0.2) is 6.20 Å². The van der Waals surface area contributed by atoms with Crippen LogP contribution in [-0.2, 0) is 0 Å². The zero-order valence-corrected chi connectivity index (χ0v) is 13.1. The van der Waals surface area contributed by atoms with E-state index in [2.05, 4.69) is 46.2 Å². The predicted molar refractivity (Wildman–Crippen MR) is 83.4 cm³/mol. The van der Waals surface area contributed by atoms with Gasteiger partial charge in [0.05, 0.1) is 11.1 Å². The largest absolute Gasteiger partial charge is 0.360 e. The topological polar surface area (TPSA) is 53.9 Å². The van der Waals surface area contributed by atoms with Gasteiger partial charge in [0.1, 0.15) is 0 Å². The number of anilines is 2. The minimum Gasteiger partial charge on any atom is -0.360 e. The number of thiazole rings is 1. The van der Waals surface area contributed by atoms with Crippen LogP contribution < -0.4 is 10.2 Å². The van der Waals surface area contributed by atoms with E-state index in [0.29, 0.717) is 0 Å². The van der Waals surface area contributed by atoms with E-state index in [4.69, 9.17) is 0 Å². The van der Waals surface area contributed by atoms with Gasteiger partial charge in [-0.05, 0) is 20.3 Å². The highest BCUT2D eigenvalue weighted by Gasteiger charge is 2.12. The standard InChI is InChI=1S/C12H19N5S2/c1-4-7-13-11-16-15-10(19-11)9-8-14-12(18-9)17(5-2)6-3/h8H,4-7H2,1-3H3,(H,13,16). The van der Waals surface area contributed by atoms with E-state index in [1.165, 1.54) is 0 Å². The van der Waals surface area contributed by atoms with Crippen LogP contribution in [0.25, 0.3) is 9.88 Å². The van der Waals surface area contributed by atoms with Crippen LogP contribution in [-0.4, -0.2) is 34.8 Å². The van der Waals surface area contributed by atoms with Gasteiger partial charge < -0.3 is 10.2 Å². The second-order valence-corrected chi connectivity index (χ2v) is 6.01. The first-order chi connectivity index (χ1) is 9.28. The minimum absolute atomic E-state index is 0.884. The van der Waals surface area contributed by atoms with Crippen LogP contribution in [0.3, 0.4) is 0 Å². The monoisotopic (exact) mass is 297 g/mol. The van der Waals surface area contributed by atoms with Gasteiger partial charge in [-0.15, -0.1) is 10.2 Å². The SMILES string of the molecule is CCCNc1nnc(-c2cnc(N(CC)CC)s2)s1. The van der Waals surface area contributed by atoms with E-state index in [1.54, 1.807) is 22.7 Å². The summed E-state index contributed by atoms with van der Waals surface area (Å²) < 4.78 is 0. The molecule has 104 valence electrons. The summed E-state index contributed by atoms with van der Waals surface area (Å²) in [7, 11) is 0. The molecule has 0 aromatic carbocycles. The summed E-state index contributed by atoms with van der Waals surface area (Å²) in [5.74, 6) is 0. The molecule has 19 heavy (non-hydrogen) atoms. The second kappa shape index (κ2) is 6.81. The van der Waals surface area contributed by atoms with Crippen molar-refractivity contribution < 1.29 is 0 Å². The highest BCUT2D eigenvalue weighted by Crippen LogP contribution is 2.33. The Hall–Kier alpha value is -1.21. The maximum absolute atomic E-state index is 4.47. The van der Waals surface area contributed by atoms with Crippen molar-refractivity contribution in [3.05, 3.63) is 6.20 Å². The molecule has 0 unspecified atom stereocenters. The second-order valence-electron chi connectivity index (χ2n) is 4.02. The first kappa shape index (κ1) is 14.2. The molecule has 0 bridgehead atoms. The summed E-state index contributed by atoms with van der Waals surface area (Å²) in [5.41, 5.74) is 0. The van der Waals surface area contributed by atoms with Gasteiger partial charge in [-0.3, -0.25) is 0 Å². The Morgan fingerprint density at radius 2 is 1.95 bits per heavy atom. The molecule has 0 aliphatic carbocycles. The van der Waals surface area contributed by atoms with Gasteiger partial charge in [0.15, 0.2) is 10.1 Å². The molecule has 7 heteroatoms. The van der Waals surface area contributed by atoms with Gasteiger partial charge in [-0.2, -0.15) is 0 Å². The number of aromatic nitrogens is 3. The van der Waals surface area contributed by atoms with Crippen LogP contribution in [0.4, 0.5) is 10.3 Å². The summed E-state index contributed by atoms with van der Waals surface area (Å²) in [5, 5.41) is 14.5. The van der Waals surface area contributed by atoms with Gasteiger partial charge >= 0.3 is 0 Å². The fourth-order valence-corrected chi connectivity index (χ4v) is 3.48. The van der Waals surface area contributed by atoms with Gasteiger partial charge in [0.25, 0.3) is 0 Å². The number of hydrogen-bond donors (Lipinski definition) is 1. The van der Waals surface area contributed by atoms with Crippen molar-refractivity contribution in [3.63, 3.8) is 0 Å². The van der Waals surface area contributed by atoms with Crippen molar-refractivity contribution >= 4 is 32.9 Å². The van der Waals surface area contributed by atoms with Crippen LogP contribution in [0.5, 0.6) is 0 Å². The van der Waals surface area contributed by atoms with Crippen molar-refractivity contribution in [2.45, 2.75) is 27.2 Å². The third-order valence-electron chi connectivity index (χ3n) is 2.69. The average molecular weight is 297 g/mol. The van der Waals surface area contributed by atoms with Crippen LogP contribution in [0, 0.1) is 0 Å². The fraction of sp³-hybridized carbons (Fsp3) is 0.583. The Bertz CT molecular complexity index is 504. The lowest BCUT2D eigenvalue weighted by molar-refractivity contribution is 0.860. The molecule has 0 aliphatic heterocycles. The number of rotatable bonds is 7. The molecule has 5 nitrogen and oxygen atoms in total. The molecule has 0 spiro atoms. The maximum atomic E-state index is 4.47. The predicted octanol–water partition coefficient (Wildman–Crippen LogP) is 3.33. The molecule has 2 rings (SSSR count). The quantitative estimate of drug-likeness (QED) is 0.849. The van der Waals surface area contributed by atoms with E-state index in [1.807, 2.05) is 6.20 Å². The number of nitrogens with one attached hydrogen (secondary N) is 1.